The molecule has 0 unspecified atom stereocenters. The summed E-state index contributed by atoms with van der Waals surface area (Å²) in [7, 11) is 0. The second-order valence-corrected chi connectivity index (χ2v) is 10.9. The molecule has 3 aliphatic rings. The maximum Gasteiger partial charge on any atom is 0.180 e. The molecule has 0 aromatic carbocycles. The molecule has 0 spiro atoms. The predicted octanol–water partition coefficient (Wildman–Crippen LogP) is 4.41. The Kier molecular flexibility index (Phi) is 5.42. The van der Waals surface area contributed by atoms with Crippen molar-refractivity contribution in [2.24, 2.45) is 17.8 Å². The van der Waals surface area contributed by atoms with Crippen LogP contribution in [0.25, 0.3) is 29.9 Å². The largest absolute Gasteiger partial charge is 0.361 e. The minimum absolute atomic E-state index is 0.115. The molecule has 194 valence electrons. The number of carbonyl (C=O) groups is 2. The molecule has 2 aliphatic heterocycles. The number of rotatable bonds is 3. The van der Waals surface area contributed by atoms with Crippen molar-refractivity contribution >= 4 is 41.9 Å². The third kappa shape index (κ3) is 3.19. The highest BCUT2D eigenvalue weighted by atomic mass is 16.1. The topological polar surface area (TPSA) is 93.5 Å². The van der Waals surface area contributed by atoms with E-state index in [1.807, 2.05) is 13.0 Å². The van der Waals surface area contributed by atoms with Gasteiger partial charge in [-0.05, 0) is 67.7 Å². The van der Waals surface area contributed by atoms with Gasteiger partial charge in [-0.2, -0.15) is 0 Å². The van der Waals surface area contributed by atoms with Gasteiger partial charge in [-0.1, -0.05) is 33.4 Å². The van der Waals surface area contributed by atoms with Crippen LogP contribution < -0.4 is 16.0 Å². The maximum absolute atomic E-state index is 13.5. The minimum atomic E-state index is -0.800. The molecule has 3 aromatic heterocycles. The zero-order valence-electron chi connectivity index (χ0n) is 22.8. The van der Waals surface area contributed by atoms with Gasteiger partial charge in [-0.25, -0.2) is 0 Å². The average molecular weight is 507 g/mol. The van der Waals surface area contributed by atoms with E-state index >= 15 is 0 Å². The molecule has 1 aliphatic carbocycles. The molecule has 4 N–H and O–H groups in total. The number of hydrogen-bond donors (Lipinski definition) is 4. The molecule has 8 bridgehead atoms. The Balaban J connectivity index is 1.75. The van der Waals surface area contributed by atoms with Crippen LogP contribution in [0.3, 0.4) is 0 Å². The van der Waals surface area contributed by atoms with Gasteiger partial charge in [-0.3, -0.25) is 4.79 Å². The summed E-state index contributed by atoms with van der Waals surface area (Å²) in [6.45, 7) is 16.8. The molecule has 0 radical (unpaired) electrons. The summed E-state index contributed by atoms with van der Waals surface area (Å²) in [6.07, 6.45) is 10.0. The lowest BCUT2D eigenvalue weighted by molar-refractivity contribution is -0.108. The van der Waals surface area contributed by atoms with Crippen LogP contribution in [0.1, 0.15) is 81.7 Å². The SMILES string of the molecule is C=Cc1c2[nH]c(c1C)/C=C1\N/C(=C3\c4[nH]c(c(C)c4C(=O)[C@@H]3C=O)/C=c3\[nH]/c(c(C)c3CC)=C\2)[C@@H](C)[C@@H]1C. The lowest BCUT2D eigenvalue weighted by atomic mass is 9.89. The van der Waals surface area contributed by atoms with Gasteiger partial charge >= 0.3 is 0 Å². The van der Waals surface area contributed by atoms with Crippen molar-refractivity contribution in [3.8, 4) is 0 Å². The number of H-pyrrole nitrogens is 3. The fraction of sp³-hybridized carbons (Fsp3) is 0.312. The first-order valence-corrected chi connectivity index (χ1v) is 13.4. The first-order valence-electron chi connectivity index (χ1n) is 13.4. The second-order valence-electron chi connectivity index (χ2n) is 10.9. The number of aromatic nitrogens is 3. The van der Waals surface area contributed by atoms with Crippen molar-refractivity contribution in [1.82, 2.24) is 20.3 Å². The number of Topliss-reactive ketones (excluding diaryl/α,β-unsaturated/α-hetero) is 1. The number of hydrogen-bond acceptors (Lipinski definition) is 3. The quantitative estimate of drug-likeness (QED) is 0.313. The summed E-state index contributed by atoms with van der Waals surface area (Å²) in [6, 6.07) is 0. The zero-order valence-corrected chi connectivity index (χ0v) is 22.8. The van der Waals surface area contributed by atoms with Gasteiger partial charge in [-0.15, -0.1) is 0 Å². The number of aldehydes is 1. The molecule has 6 heteroatoms. The Bertz CT molecular complexity index is 1750. The van der Waals surface area contributed by atoms with E-state index in [0.29, 0.717) is 5.56 Å². The van der Waals surface area contributed by atoms with Gasteiger partial charge in [0.25, 0.3) is 0 Å². The van der Waals surface area contributed by atoms with E-state index in [-0.39, 0.29) is 17.6 Å². The fourth-order valence-corrected chi connectivity index (χ4v) is 6.54. The minimum Gasteiger partial charge on any atom is -0.361 e. The molecular weight excluding hydrogens is 472 g/mol. The fourth-order valence-electron chi connectivity index (χ4n) is 6.54. The van der Waals surface area contributed by atoms with Crippen molar-refractivity contribution in [2.75, 3.05) is 0 Å². The molecule has 0 amide bonds. The van der Waals surface area contributed by atoms with Crippen LogP contribution in [0.5, 0.6) is 0 Å². The highest BCUT2D eigenvalue weighted by molar-refractivity contribution is 6.22. The number of aromatic amines is 3. The van der Waals surface area contributed by atoms with E-state index in [9.17, 15) is 9.59 Å². The molecule has 0 saturated carbocycles. The molecule has 1 saturated heterocycles. The van der Waals surface area contributed by atoms with Gasteiger partial charge in [0.15, 0.2) is 5.78 Å². The Morgan fingerprint density at radius 2 is 1.61 bits per heavy atom. The second kappa shape index (κ2) is 8.48. The van der Waals surface area contributed by atoms with Crippen molar-refractivity contribution in [3.05, 3.63) is 84.8 Å². The van der Waals surface area contributed by atoms with Gasteiger partial charge in [0, 0.05) is 67.7 Å². The maximum atomic E-state index is 13.5. The van der Waals surface area contributed by atoms with Crippen LogP contribution in [0, 0.1) is 38.5 Å². The molecule has 1 fully saturated rings. The molecule has 5 heterocycles. The van der Waals surface area contributed by atoms with Crippen LogP contribution in [-0.4, -0.2) is 27.0 Å². The van der Waals surface area contributed by atoms with E-state index in [4.69, 9.17) is 0 Å². The lowest BCUT2D eigenvalue weighted by Gasteiger charge is -2.14. The summed E-state index contributed by atoms with van der Waals surface area (Å²) in [5.74, 6) is -0.627. The van der Waals surface area contributed by atoms with Gasteiger partial charge < -0.3 is 25.1 Å². The van der Waals surface area contributed by atoms with E-state index < -0.39 is 5.92 Å². The Labute approximate surface area is 222 Å². The summed E-state index contributed by atoms with van der Waals surface area (Å²) in [4.78, 5) is 36.6. The summed E-state index contributed by atoms with van der Waals surface area (Å²) in [5, 5.41) is 5.70. The Morgan fingerprint density at radius 3 is 2.29 bits per heavy atom. The predicted molar refractivity (Wildman–Crippen MR) is 153 cm³/mol. The molecule has 3 aromatic rings. The van der Waals surface area contributed by atoms with Crippen molar-refractivity contribution < 1.29 is 9.59 Å². The Hall–Kier alpha value is -4.06. The summed E-state index contributed by atoms with van der Waals surface area (Å²) in [5.41, 5.74) is 12.6. The third-order valence-corrected chi connectivity index (χ3v) is 9.05. The van der Waals surface area contributed by atoms with Crippen molar-refractivity contribution in [3.63, 3.8) is 0 Å². The van der Waals surface area contributed by atoms with E-state index in [1.54, 1.807) is 0 Å². The van der Waals surface area contributed by atoms with Gasteiger partial charge in [0.1, 0.15) is 12.2 Å². The molecule has 6 rings (SSSR count). The zero-order chi connectivity index (χ0) is 27.0. The monoisotopic (exact) mass is 506 g/mol. The molecule has 6 nitrogen and oxygen atoms in total. The summed E-state index contributed by atoms with van der Waals surface area (Å²) >= 11 is 0. The van der Waals surface area contributed by atoms with Crippen molar-refractivity contribution in [2.45, 2.75) is 48.0 Å². The van der Waals surface area contributed by atoms with E-state index in [2.05, 4.69) is 79.7 Å². The number of fused-ring (bicyclic) bond motifs is 7. The van der Waals surface area contributed by atoms with Crippen LogP contribution in [0.4, 0.5) is 0 Å². The number of carbonyl (C=O) groups excluding carboxylic acids is 2. The molecule has 3 atom stereocenters. The Morgan fingerprint density at radius 1 is 0.895 bits per heavy atom. The number of ketones is 1. The molecule has 38 heavy (non-hydrogen) atoms. The lowest BCUT2D eigenvalue weighted by Crippen LogP contribution is -2.17. The molecular formula is C32H34N4O2. The smallest absolute Gasteiger partial charge is 0.180 e. The average Bonchev–Trinajstić information content (AvgIpc) is 3.62. The van der Waals surface area contributed by atoms with Crippen LogP contribution in [0.2, 0.25) is 0 Å². The van der Waals surface area contributed by atoms with E-state index in [1.165, 1.54) is 11.1 Å². The van der Waals surface area contributed by atoms with Crippen LogP contribution in [0.15, 0.2) is 18.0 Å². The highest BCUT2D eigenvalue weighted by Crippen LogP contribution is 2.46. The number of nitrogens with one attached hydrogen (secondary N) is 4. The third-order valence-electron chi connectivity index (χ3n) is 9.05. The van der Waals surface area contributed by atoms with Crippen molar-refractivity contribution in [1.29, 1.82) is 0 Å². The normalized spacial score (nSPS) is 26.7. The van der Waals surface area contributed by atoms with Crippen LogP contribution in [-0.2, 0) is 11.2 Å². The van der Waals surface area contributed by atoms with Crippen LogP contribution >= 0.6 is 0 Å². The summed E-state index contributed by atoms with van der Waals surface area (Å²) < 4.78 is 0. The standard InChI is InChI=1S/C32H34N4O2/c1-8-19-16(5)23-10-22-14(3)15(4)30(35-22)29-21(13-37)32(38)28-18(7)25(36-31(28)29)12-27-20(9-2)17(6)24(34-27)11-26(19)33-23/h8,10-15,21,33-36H,1,9H2,2-7H3/b22-10-,24-11-,27-12-,30-29-/t14-,15-,21+/m0/s1. The highest BCUT2D eigenvalue weighted by Gasteiger charge is 2.43. The van der Waals surface area contributed by atoms with Gasteiger partial charge in [0.05, 0.1) is 5.69 Å². The number of allylic oxidation sites excluding steroid dienone is 3. The van der Waals surface area contributed by atoms with Gasteiger partial charge in [0.2, 0.25) is 0 Å². The first-order chi connectivity index (χ1) is 18.2. The van der Waals surface area contributed by atoms with E-state index in [0.717, 1.165) is 79.8 Å². The first kappa shape index (κ1) is 24.3.